The van der Waals surface area contributed by atoms with Crippen molar-refractivity contribution >= 4 is 22.5 Å². The predicted octanol–water partition coefficient (Wildman–Crippen LogP) is 4.06. The molecule has 1 N–H and O–H groups in total. The van der Waals surface area contributed by atoms with Crippen molar-refractivity contribution < 1.29 is 4.79 Å². The van der Waals surface area contributed by atoms with Gasteiger partial charge in [-0.15, -0.1) is 0 Å². The molecular formula is C26H33N5O. The fourth-order valence-electron chi connectivity index (χ4n) is 4.18. The number of fused-ring (bicyclic) bond motifs is 1. The minimum Gasteiger partial charge on any atom is -0.354 e. The summed E-state index contributed by atoms with van der Waals surface area (Å²) in [6.45, 7) is 12.1. The van der Waals surface area contributed by atoms with Crippen LogP contribution in [0.15, 0.2) is 48.5 Å². The Morgan fingerprint density at radius 1 is 0.969 bits per heavy atom. The van der Waals surface area contributed by atoms with Crippen LogP contribution in [0.4, 0.5) is 5.82 Å². The van der Waals surface area contributed by atoms with E-state index in [1.807, 2.05) is 26.0 Å². The maximum absolute atomic E-state index is 12.7. The first-order valence-corrected chi connectivity index (χ1v) is 11.5. The summed E-state index contributed by atoms with van der Waals surface area (Å²) in [5, 5.41) is 5.58. The van der Waals surface area contributed by atoms with E-state index in [1.54, 1.807) is 0 Å². The average molecular weight is 432 g/mol. The molecule has 1 saturated heterocycles. The summed E-state index contributed by atoms with van der Waals surface area (Å²) in [6.07, 6.45) is 0. The molecule has 1 aliphatic rings. The predicted molar refractivity (Wildman–Crippen MR) is 130 cm³/mol. The van der Waals surface area contributed by atoms with Gasteiger partial charge in [0, 0.05) is 43.9 Å². The molecule has 1 aliphatic heterocycles. The minimum atomic E-state index is -0.0214. The molecule has 0 spiro atoms. The molecular weight excluding hydrogens is 398 g/mol. The Hall–Kier alpha value is -2.99. The van der Waals surface area contributed by atoms with Crippen LogP contribution in [-0.4, -0.2) is 53.5 Å². The molecule has 2 heterocycles. The van der Waals surface area contributed by atoms with Gasteiger partial charge in [0.2, 0.25) is 5.91 Å². The van der Waals surface area contributed by atoms with E-state index in [1.165, 1.54) is 10.8 Å². The topological polar surface area (TPSA) is 61.4 Å². The first kappa shape index (κ1) is 22.2. The summed E-state index contributed by atoms with van der Waals surface area (Å²) in [5.41, 5.74) is 2.13. The third-order valence-corrected chi connectivity index (χ3v) is 6.09. The molecule has 32 heavy (non-hydrogen) atoms. The average Bonchev–Trinajstić information content (AvgIpc) is 2.78. The summed E-state index contributed by atoms with van der Waals surface area (Å²) in [7, 11) is 0. The van der Waals surface area contributed by atoms with Crippen LogP contribution in [0, 0.1) is 6.92 Å². The van der Waals surface area contributed by atoms with Crippen LogP contribution in [0.2, 0.25) is 0 Å². The molecule has 4 rings (SSSR count). The van der Waals surface area contributed by atoms with Gasteiger partial charge in [-0.3, -0.25) is 9.69 Å². The van der Waals surface area contributed by atoms with Crippen LogP contribution in [0.1, 0.15) is 49.8 Å². The number of benzene rings is 2. The van der Waals surface area contributed by atoms with Gasteiger partial charge in [0.15, 0.2) is 0 Å². The van der Waals surface area contributed by atoms with Gasteiger partial charge in [0.1, 0.15) is 11.6 Å². The number of anilines is 1. The summed E-state index contributed by atoms with van der Waals surface area (Å²) in [6, 6.07) is 16.7. The van der Waals surface area contributed by atoms with Crippen molar-refractivity contribution in [2.75, 3.05) is 37.6 Å². The number of aryl methyl sites for hydroxylation is 1. The SMILES string of the molecule is Cc1cc(N2CCN(CC(=O)NC(C)c3ccc4ccccc4c3)CC2)nc(C(C)C)n1. The Balaban J connectivity index is 1.30. The van der Waals surface area contributed by atoms with Crippen LogP contribution in [0.25, 0.3) is 10.8 Å². The van der Waals surface area contributed by atoms with E-state index in [0.29, 0.717) is 12.5 Å². The molecule has 2 aromatic carbocycles. The standard InChI is InChI=1S/C26H33N5O/c1-18(2)26-27-19(3)15-24(29-26)31-13-11-30(12-14-31)17-25(32)28-20(4)22-10-9-21-7-5-6-8-23(21)16-22/h5-10,15-16,18,20H,11-14,17H2,1-4H3,(H,28,32). The summed E-state index contributed by atoms with van der Waals surface area (Å²) < 4.78 is 0. The minimum absolute atomic E-state index is 0.0214. The highest BCUT2D eigenvalue weighted by Gasteiger charge is 2.21. The van der Waals surface area contributed by atoms with Crippen molar-refractivity contribution in [1.29, 1.82) is 0 Å². The van der Waals surface area contributed by atoms with Gasteiger partial charge >= 0.3 is 0 Å². The molecule has 1 amide bonds. The molecule has 1 unspecified atom stereocenters. The zero-order chi connectivity index (χ0) is 22.7. The van der Waals surface area contributed by atoms with E-state index in [4.69, 9.17) is 4.98 Å². The third kappa shape index (κ3) is 5.25. The second-order valence-electron chi connectivity index (χ2n) is 9.04. The van der Waals surface area contributed by atoms with Crippen molar-refractivity contribution in [2.45, 2.75) is 39.7 Å². The lowest BCUT2D eigenvalue weighted by atomic mass is 10.0. The molecule has 3 aromatic rings. The van der Waals surface area contributed by atoms with Gasteiger partial charge in [-0.1, -0.05) is 50.2 Å². The second kappa shape index (κ2) is 9.65. The van der Waals surface area contributed by atoms with Gasteiger partial charge in [0.05, 0.1) is 12.6 Å². The van der Waals surface area contributed by atoms with Gasteiger partial charge in [-0.25, -0.2) is 9.97 Å². The fourth-order valence-corrected chi connectivity index (χ4v) is 4.18. The van der Waals surface area contributed by atoms with E-state index < -0.39 is 0 Å². The van der Waals surface area contributed by atoms with Crippen molar-refractivity contribution in [3.05, 3.63) is 65.6 Å². The van der Waals surface area contributed by atoms with Crippen LogP contribution >= 0.6 is 0 Å². The normalized spacial score (nSPS) is 15.8. The number of piperazine rings is 1. The van der Waals surface area contributed by atoms with E-state index >= 15 is 0 Å². The first-order valence-electron chi connectivity index (χ1n) is 11.5. The quantitative estimate of drug-likeness (QED) is 0.638. The van der Waals surface area contributed by atoms with Gasteiger partial charge in [-0.2, -0.15) is 0 Å². The molecule has 6 nitrogen and oxygen atoms in total. The summed E-state index contributed by atoms with van der Waals surface area (Å²) >= 11 is 0. The number of amides is 1. The highest BCUT2D eigenvalue weighted by molar-refractivity contribution is 5.83. The van der Waals surface area contributed by atoms with Crippen molar-refractivity contribution in [3.8, 4) is 0 Å². The highest BCUT2D eigenvalue weighted by atomic mass is 16.2. The third-order valence-electron chi connectivity index (χ3n) is 6.09. The van der Waals surface area contributed by atoms with Crippen molar-refractivity contribution in [1.82, 2.24) is 20.2 Å². The zero-order valence-electron chi connectivity index (χ0n) is 19.5. The Kier molecular flexibility index (Phi) is 6.70. The number of carbonyl (C=O) groups excluding carboxylic acids is 1. The Morgan fingerprint density at radius 3 is 2.41 bits per heavy atom. The van der Waals surface area contributed by atoms with Gasteiger partial charge in [-0.05, 0) is 36.2 Å². The van der Waals surface area contributed by atoms with E-state index in [-0.39, 0.29) is 11.9 Å². The molecule has 168 valence electrons. The van der Waals surface area contributed by atoms with Crippen LogP contribution in [-0.2, 0) is 4.79 Å². The van der Waals surface area contributed by atoms with Crippen molar-refractivity contribution in [2.24, 2.45) is 0 Å². The number of rotatable bonds is 6. The monoisotopic (exact) mass is 431 g/mol. The summed E-state index contributed by atoms with van der Waals surface area (Å²) in [4.78, 5) is 26.5. The molecule has 0 bridgehead atoms. The highest BCUT2D eigenvalue weighted by Crippen LogP contribution is 2.21. The maximum atomic E-state index is 12.7. The maximum Gasteiger partial charge on any atom is 0.234 e. The van der Waals surface area contributed by atoms with Gasteiger partial charge < -0.3 is 10.2 Å². The Labute approximate surface area is 190 Å². The lowest BCUT2D eigenvalue weighted by molar-refractivity contribution is -0.123. The molecule has 6 heteroatoms. The second-order valence-corrected chi connectivity index (χ2v) is 9.04. The fraction of sp³-hybridized carbons (Fsp3) is 0.423. The number of hydrogen-bond donors (Lipinski definition) is 1. The number of nitrogens with zero attached hydrogens (tertiary/aromatic N) is 4. The molecule has 0 aliphatic carbocycles. The van der Waals surface area contributed by atoms with E-state index in [9.17, 15) is 4.79 Å². The number of hydrogen-bond acceptors (Lipinski definition) is 5. The molecule has 1 aromatic heterocycles. The zero-order valence-corrected chi connectivity index (χ0v) is 19.5. The first-order chi connectivity index (χ1) is 15.4. The summed E-state index contributed by atoms with van der Waals surface area (Å²) in [5.74, 6) is 2.27. The lowest BCUT2D eigenvalue weighted by Gasteiger charge is -2.35. The van der Waals surface area contributed by atoms with Crippen LogP contribution in [0.3, 0.4) is 0 Å². The largest absolute Gasteiger partial charge is 0.354 e. The number of aromatic nitrogens is 2. The van der Waals surface area contributed by atoms with Crippen LogP contribution in [0.5, 0.6) is 0 Å². The molecule has 1 atom stereocenters. The van der Waals surface area contributed by atoms with Gasteiger partial charge in [0.25, 0.3) is 0 Å². The Bertz CT molecular complexity index is 1090. The Morgan fingerprint density at radius 2 is 1.69 bits per heavy atom. The lowest BCUT2D eigenvalue weighted by Crippen LogP contribution is -2.50. The van der Waals surface area contributed by atoms with Crippen LogP contribution < -0.4 is 10.2 Å². The van der Waals surface area contributed by atoms with E-state index in [2.05, 4.69) is 70.3 Å². The van der Waals surface area contributed by atoms with Crippen molar-refractivity contribution in [3.63, 3.8) is 0 Å². The molecule has 0 saturated carbocycles. The number of carbonyl (C=O) groups is 1. The molecule has 0 radical (unpaired) electrons. The number of nitrogens with one attached hydrogen (secondary N) is 1. The smallest absolute Gasteiger partial charge is 0.234 e. The van der Waals surface area contributed by atoms with E-state index in [0.717, 1.165) is 49.1 Å². The molecule has 1 fully saturated rings.